The number of hydrogen-bond donors (Lipinski definition) is 2. The molecule has 2 N–H and O–H groups in total. The third-order valence-corrected chi connectivity index (χ3v) is 8.29. The minimum absolute atomic E-state index is 0.161. The highest BCUT2D eigenvalue weighted by molar-refractivity contribution is 8.76. The molecule has 0 saturated carbocycles. The lowest BCUT2D eigenvalue weighted by atomic mass is 10.2. The zero-order valence-electron chi connectivity index (χ0n) is 22.5. The summed E-state index contributed by atoms with van der Waals surface area (Å²) in [6.07, 6.45) is 0. The molecule has 4 aromatic carbocycles. The molecule has 0 heterocycles. The maximum absolute atomic E-state index is 13.1. The van der Waals surface area contributed by atoms with E-state index in [1.54, 1.807) is 0 Å². The van der Waals surface area contributed by atoms with Crippen molar-refractivity contribution in [1.82, 2.24) is 10.6 Å². The molecule has 0 bridgehead atoms. The summed E-state index contributed by atoms with van der Waals surface area (Å²) in [4.78, 5) is 27.8. The topological polar surface area (TPSA) is 76.7 Å². The lowest BCUT2D eigenvalue weighted by Crippen LogP contribution is -2.23. The Morgan fingerprint density at radius 3 is 1.45 bits per heavy atom. The van der Waals surface area contributed by atoms with E-state index < -0.39 is 0 Å². The van der Waals surface area contributed by atoms with Crippen LogP contribution in [0.2, 0.25) is 0 Å². The van der Waals surface area contributed by atoms with Gasteiger partial charge in [0.25, 0.3) is 11.8 Å². The van der Waals surface area contributed by atoms with Gasteiger partial charge in [0.05, 0.1) is 24.3 Å². The van der Waals surface area contributed by atoms with E-state index in [0.717, 1.165) is 32.4 Å². The molecule has 0 aliphatic rings. The fourth-order valence-electron chi connectivity index (χ4n) is 3.92. The van der Waals surface area contributed by atoms with Crippen LogP contribution in [-0.4, -0.2) is 25.0 Å². The Balaban J connectivity index is 1.39. The van der Waals surface area contributed by atoms with Gasteiger partial charge >= 0.3 is 0 Å². The van der Waals surface area contributed by atoms with E-state index in [2.05, 4.69) is 10.6 Å². The zero-order valence-corrected chi connectivity index (χ0v) is 24.1. The van der Waals surface area contributed by atoms with Crippen molar-refractivity contribution in [3.8, 4) is 11.5 Å². The number of nitrogens with one attached hydrogen (secondary N) is 2. The summed E-state index contributed by atoms with van der Waals surface area (Å²) in [6.45, 7) is 5.84. The quantitative estimate of drug-likeness (QED) is 0.166. The smallest absolute Gasteiger partial charge is 0.252 e. The van der Waals surface area contributed by atoms with Crippen LogP contribution in [0.3, 0.4) is 0 Å². The molecule has 8 heteroatoms. The molecule has 6 nitrogen and oxygen atoms in total. The fourth-order valence-corrected chi connectivity index (χ4v) is 6.28. The first-order valence-electron chi connectivity index (χ1n) is 13.1. The normalized spacial score (nSPS) is 10.6. The average Bonchev–Trinajstić information content (AvgIpc) is 2.99. The van der Waals surface area contributed by atoms with E-state index in [9.17, 15) is 9.59 Å². The summed E-state index contributed by atoms with van der Waals surface area (Å²) >= 11 is 0. The second kappa shape index (κ2) is 15.1. The Kier molecular flexibility index (Phi) is 11.0. The van der Waals surface area contributed by atoms with E-state index in [-0.39, 0.29) is 11.8 Å². The van der Waals surface area contributed by atoms with Gasteiger partial charge in [-0.1, -0.05) is 70.1 Å². The number of rotatable bonds is 13. The van der Waals surface area contributed by atoms with Crippen molar-refractivity contribution >= 4 is 33.4 Å². The number of ether oxygens (including phenoxy) is 2. The molecule has 0 fully saturated rings. The molecule has 0 unspecified atom stereocenters. The minimum Gasteiger partial charge on any atom is -0.494 e. The van der Waals surface area contributed by atoms with Crippen molar-refractivity contribution in [2.75, 3.05) is 13.2 Å². The van der Waals surface area contributed by atoms with Crippen molar-refractivity contribution < 1.29 is 19.1 Å². The lowest BCUT2D eigenvalue weighted by molar-refractivity contribution is 0.0940. The van der Waals surface area contributed by atoms with Crippen LogP contribution >= 0.6 is 21.6 Å². The van der Waals surface area contributed by atoms with Gasteiger partial charge in [0, 0.05) is 22.9 Å². The number of carbonyl (C=O) groups is 2. The molecule has 40 heavy (non-hydrogen) atoms. The molecule has 206 valence electrons. The first-order valence-corrected chi connectivity index (χ1v) is 15.2. The van der Waals surface area contributed by atoms with Crippen LogP contribution in [0.5, 0.6) is 11.5 Å². The van der Waals surface area contributed by atoms with Crippen molar-refractivity contribution in [2.45, 2.75) is 36.7 Å². The lowest BCUT2D eigenvalue weighted by Gasteiger charge is -2.12. The molecule has 4 rings (SSSR count). The molecule has 4 aromatic rings. The standard InChI is InChI=1S/C32H32N2O4S2/c1-3-37-25-13-9-11-23(19-25)21-33-31(35)27-15-5-7-17-29(27)39-40-30-18-8-6-16-28(30)32(36)34-22-24-12-10-14-26(20-24)38-4-2/h5-20H,3-4,21-22H2,1-2H3,(H,33,35)(H,34,36). The molecule has 0 radical (unpaired) electrons. The van der Waals surface area contributed by atoms with Crippen LogP contribution < -0.4 is 20.1 Å². The van der Waals surface area contributed by atoms with E-state index in [1.165, 1.54) is 21.6 Å². The molecular weight excluding hydrogens is 540 g/mol. The van der Waals surface area contributed by atoms with Gasteiger partial charge in [0.2, 0.25) is 0 Å². The highest BCUT2D eigenvalue weighted by Gasteiger charge is 2.15. The maximum Gasteiger partial charge on any atom is 0.252 e. The molecule has 0 aliphatic heterocycles. The molecular formula is C32H32N2O4S2. The van der Waals surface area contributed by atoms with Gasteiger partial charge in [-0.2, -0.15) is 0 Å². The predicted octanol–water partition coefficient (Wildman–Crippen LogP) is 7.14. The van der Waals surface area contributed by atoms with Crippen molar-refractivity contribution in [2.24, 2.45) is 0 Å². The van der Waals surface area contributed by atoms with Crippen molar-refractivity contribution in [1.29, 1.82) is 0 Å². The second-order valence-corrected chi connectivity index (χ2v) is 10.9. The van der Waals surface area contributed by atoms with Gasteiger partial charge in [-0.05, 0) is 73.5 Å². The number of carbonyl (C=O) groups excluding carboxylic acids is 2. The van der Waals surface area contributed by atoms with E-state index >= 15 is 0 Å². The predicted molar refractivity (Wildman–Crippen MR) is 162 cm³/mol. The van der Waals surface area contributed by atoms with Gasteiger partial charge < -0.3 is 20.1 Å². The van der Waals surface area contributed by atoms with Crippen LogP contribution in [0, 0.1) is 0 Å². The summed E-state index contributed by atoms with van der Waals surface area (Å²) in [5.41, 5.74) is 3.08. The molecule has 0 spiro atoms. The number of benzene rings is 4. The number of amides is 2. The van der Waals surface area contributed by atoms with Crippen molar-refractivity contribution in [3.63, 3.8) is 0 Å². The first kappa shape index (κ1) is 29.1. The van der Waals surface area contributed by atoms with E-state index in [0.29, 0.717) is 37.4 Å². The molecule has 0 aliphatic carbocycles. The fraction of sp³-hybridized carbons (Fsp3) is 0.188. The van der Waals surface area contributed by atoms with Crippen LogP contribution in [0.15, 0.2) is 107 Å². The summed E-state index contributed by atoms with van der Waals surface area (Å²) in [6, 6.07) is 30.3. The Bertz CT molecular complexity index is 1330. The van der Waals surface area contributed by atoms with Crippen LogP contribution in [0.25, 0.3) is 0 Å². The van der Waals surface area contributed by atoms with E-state index in [4.69, 9.17) is 9.47 Å². The summed E-state index contributed by atoms with van der Waals surface area (Å²) in [5.74, 6) is 1.24. The highest BCUT2D eigenvalue weighted by atomic mass is 33.1. The summed E-state index contributed by atoms with van der Waals surface area (Å²) < 4.78 is 11.1. The zero-order chi connectivity index (χ0) is 28.2. The Morgan fingerprint density at radius 2 is 1.02 bits per heavy atom. The third-order valence-electron chi connectivity index (χ3n) is 5.81. The largest absolute Gasteiger partial charge is 0.494 e. The molecule has 0 atom stereocenters. The average molecular weight is 573 g/mol. The number of hydrogen-bond acceptors (Lipinski definition) is 6. The monoisotopic (exact) mass is 572 g/mol. The summed E-state index contributed by atoms with van der Waals surface area (Å²) in [5, 5.41) is 6.01. The third kappa shape index (κ3) is 8.31. The second-order valence-electron chi connectivity index (χ2n) is 8.69. The van der Waals surface area contributed by atoms with Gasteiger partial charge in [-0.3, -0.25) is 9.59 Å². The highest BCUT2D eigenvalue weighted by Crippen LogP contribution is 2.40. The van der Waals surface area contributed by atoms with Gasteiger partial charge in [0.15, 0.2) is 0 Å². The molecule has 0 aromatic heterocycles. The Morgan fingerprint density at radius 1 is 0.600 bits per heavy atom. The van der Waals surface area contributed by atoms with E-state index in [1.807, 2.05) is 111 Å². The SMILES string of the molecule is CCOc1cccc(CNC(=O)c2ccccc2SSc2ccccc2C(=O)NCc2cccc(OCC)c2)c1. The first-order chi connectivity index (χ1) is 19.6. The van der Waals surface area contributed by atoms with Crippen molar-refractivity contribution in [3.05, 3.63) is 119 Å². The van der Waals surface area contributed by atoms with Crippen LogP contribution in [-0.2, 0) is 13.1 Å². The Hall–Kier alpha value is -3.88. The maximum atomic E-state index is 13.1. The van der Waals surface area contributed by atoms with Gasteiger partial charge in [-0.25, -0.2) is 0 Å². The molecule has 2 amide bonds. The van der Waals surface area contributed by atoms with Crippen LogP contribution in [0.4, 0.5) is 0 Å². The van der Waals surface area contributed by atoms with Gasteiger partial charge in [-0.15, -0.1) is 0 Å². The van der Waals surface area contributed by atoms with Gasteiger partial charge in [0.1, 0.15) is 11.5 Å². The molecule has 0 saturated heterocycles. The van der Waals surface area contributed by atoms with Crippen LogP contribution in [0.1, 0.15) is 45.7 Å². The summed E-state index contributed by atoms with van der Waals surface area (Å²) in [7, 11) is 2.90. The Labute approximate surface area is 243 Å². The minimum atomic E-state index is -0.161.